The Bertz CT molecular complexity index is 821. The number of anilines is 1. The average molecular weight is 392 g/mol. The summed E-state index contributed by atoms with van der Waals surface area (Å²) in [7, 11) is 1.62. The molecule has 2 aromatic rings. The fourth-order valence-corrected chi connectivity index (χ4v) is 3.70. The van der Waals surface area contributed by atoms with E-state index in [1.165, 1.54) is 4.90 Å². The maximum Gasteiger partial charge on any atom is 0.244 e. The van der Waals surface area contributed by atoms with Gasteiger partial charge in [0.1, 0.15) is 0 Å². The van der Waals surface area contributed by atoms with Gasteiger partial charge in [0.2, 0.25) is 11.8 Å². The molecule has 136 valence electrons. The molecule has 1 aliphatic rings. The van der Waals surface area contributed by atoms with Gasteiger partial charge in [-0.2, -0.15) is 0 Å². The molecule has 0 aliphatic heterocycles. The van der Waals surface area contributed by atoms with Gasteiger partial charge in [0.15, 0.2) is 0 Å². The van der Waals surface area contributed by atoms with Crippen LogP contribution in [-0.2, 0) is 16.0 Å². The number of halogens is 2. The standard InChI is InChI=1S/C19H19Cl2N3O2/c1-24(11-16(25)23-18-14(20)8-3-9-15(18)21)19(26)13-7-2-5-12-6-4-10-22-17(12)13/h3-4,6,8-10,13H,2,5,7,11H2,1H3,(H,23,25). The molecule has 5 nitrogen and oxygen atoms in total. The van der Waals surface area contributed by atoms with Gasteiger partial charge in [-0.1, -0.05) is 35.3 Å². The van der Waals surface area contributed by atoms with Gasteiger partial charge in [-0.05, 0) is 43.0 Å². The maximum atomic E-state index is 12.8. The van der Waals surface area contributed by atoms with E-state index < -0.39 is 0 Å². The zero-order valence-corrected chi connectivity index (χ0v) is 15.8. The number of carbonyl (C=O) groups excluding carboxylic acids is 2. The lowest BCUT2D eigenvalue weighted by Gasteiger charge is -2.27. The molecule has 1 N–H and O–H groups in total. The van der Waals surface area contributed by atoms with Crippen molar-refractivity contribution in [3.8, 4) is 0 Å². The van der Waals surface area contributed by atoms with E-state index in [0.717, 1.165) is 30.5 Å². The first-order valence-corrected chi connectivity index (χ1v) is 9.15. The highest BCUT2D eigenvalue weighted by Gasteiger charge is 2.30. The van der Waals surface area contributed by atoms with Crippen molar-refractivity contribution in [1.82, 2.24) is 9.88 Å². The first-order chi connectivity index (χ1) is 12.5. The maximum absolute atomic E-state index is 12.8. The Balaban J connectivity index is 1.67. The molecule has 0 spiro atoms. The highest BCUT2D eigenvalue weighted by atomic mass is 35.5. The summed E-state index contributed by atoms with van der Waals surface area (Å²) in [6.07, 6.45) is 4.31. The normalized spacial score (nSPS) is 15.9. The van der Waals surface area contributed by atoms with Crippen molar-refractivity contribution in [2.45, 2.75) is 25.2 Å². The van der Waals surface area contributed by atoms with Gasteiger partial charge < -0.3 is 10.2 Å². The van der Waals surface area contributed by atoms with Crippen LogP contribution in [0.4, 0.5) is 5.69 Å². The molecule has 7 heteroatoms. The fraction of sp³-hybridized carbons (Fsp3) is 0.316. The van der Waals surface area contributed by atoms with Gasteiger partial charge in [-0.15, -0.1) is 0 Å². The molecular formula is C19H19Cl2N3O2. The Morgan fingerprint density at radius 3 is 2.69 bits per heavy atom. The van der Waals surface area contributed by atoms with E-state index in [-0.39, 0.29) is 24.3 Å². The monoisotopic (exact) mass is 391 g/mol. The third kappa shape index (κ3) is 4.00. The number of rotatable bonds is 4. The molecule has 1 unspecified atom stereocenters. The number of benzene rings is 1. The number of aryl methyl sites for hydroxylation is 1. The molecule has 1 aliphatic carbocycles. The van der Waals surface area contributed by atoms with Crippen molar-refractivity contribution in [3.05, 3.63) is 57.8 Å². The zero-order chi connectivity index (χ0) is 18.7. The summed E-state index contributed by atoms with van der Waals surface area (Å²) >= 11 is 12.1. The van der Waals surface area contributed by atoms with Crippen LogP contribution in [-0.4, -0.2) is 35.3 Å². The van der Waals surface area contributed by atoms with Crippen LogP contribution in [0.1, 0.15) is 30.0 Å². The smallest absolute Gasteiger partial charge is 0.244 e. The molecule has 0 fully saturated rings. The second-order valence-corrected chi connectivity index (χ2v) is 7.15. The average Bonchev–Trinajstić information content (AvgIpc) is 2.63. The number of carbonyl (C=O) groups is 2. The van der Waals surface area contributed by atoms with Crippen LogP contribution in [0.25, 0.3) is 0 Å². The second-order valence-electron chi connectivity index (χ2n) is 6.33. The molecule has 0 saturated carbocycles. The van der Waals surface area contributed by atoms with E-state index in [9.17, 15) is 9.59 Å². The summed E-state index contributed by atoms with van der Waals surface area (Å²) in [5.74, 6) is -0.764. The Hall–Kier alpha value is -2.11. The topological polar surface area (TPSA) is 62.3 Å². The first-order valence-electron chi connectivity index (χ1n) is 8.40. The lowest BCUT2D eigenvalue weighted by Crippen LogP contribution is -2.39. The first kappa shape index (κ1) is 18.7. The lowest BCUT2D eigenvalue weighted by atomic mass is 9.86. The molecule has 3 rings (SSSR count). The minimum atomic E-state index is -0.354. The molecular weight excluding hydrogens is 373 g/mol. The van der Waals surface area contributed by atoms with Crippen LogP contribution in [0.15, 0.2) is 36.5 Å². The summed E-state index contributed by atoms with van der Waals surface area (Å²) in [5.41, 5.74) is 2.29. The SMILES string of the molecule is CN(CC(=O)Nc1c(Cl)cccc1Cl)C(=O)C1CCCc2cccnc21. The van der Waals surface area contributed by atoms with Gasteiger partial charge in [0.25, 0.3) is 0 Å². The number of amides is 2. The molecule has 0 radical (unpaired) electrons. The Morgan fingerprint density at radius 2 is 1.96 bits per heavy atom. The Morgan fingerprint density at radius 1 is 1.23 bits per heavy atom. The predicted molar refractivity (Wildman–Crippen MR) is 103 cm³/mol. The number of hydrogen-bond donors (Lipinski definition) is 1. The quantitative estimate of drug-likeness (QED) is 0.859. The van der Waals surface area contributed by atoms with Gasteiger partial charge in [0, 0.05) is 13.2 Å². The molecule has 0 saturated heterocycles. The minimum Gasteiger partial charge on any atom is -0.336 e. The Kier molecular flexibility index (Phi) is 5.79. The minimum absolute atomic E-state index is 0.0843. The molecule has 1 aromatic carbocycles. The number of nitrogens with one attached hydrogen (secondary N) is 1. The summed E-state index contributed by atoms with van der Waals surface area (Å²) in [6, 6.07) is 8.87. The van der Waals surface area contributed by atoms with E-state index in [0.29, 0.717) is 15.7 Å². The number of hydrogen-bond acceptors (Lipinski definition) is 3. The van der Waals surface area contributed by atoms with Crippen molar-refractivity contribution < 1.29 is 9.59 Å². The van der Waals surface area contributed by atoms with Gasteiger partial charge in [-0.25, -0.2) is 0 Å². The van der Waals surface area contributed by atoms with Crippen LogP contribution in [0.5, 0.6) is 0 Å². The van der Waals surface area contributed by atoms with Crippen molar-refractivity contribution >= 4 is 40.7 Å². The number of pyridine rings is 1. The van der Waals surface area contributed by atoms with E-state index >= 15 is 0 Å². The van der Waals surface area contributed by atoms with Crippen LogP contribution >= 0.6 is 23.2 Å². The molecule has 1 atom stereocenters. The predicted octanol–water partition coefficient (Wildman–Crippen LogP) is 3.91. The number of nitrogens with zero attached hydrogens (tertiary/aromatic N) is 2. The summed E-state index contributed by atoms with van der Waals surface area (Å²) < 4.78 is 0. The van der Waals surface area contributed by atoms with Gasteiger partial charge in [0.05, 0.1) is 33.9 Å². The molecule has 2 amide bonds. The number of para-hydroxylation sites is 1. The number of likely N-dealkylation sites (N-methyl/N-ethyl adjacent to an activating group) is 1. The van der Waals surface area contributed by atoms with Crippen LogP contribution in [0, 0.1) is 0 Å². The molecule has 1 heterocycles. The third-order valence-corrected chi connectivity index (χ3v) is 5.11. The lowest BCUT2D eigenvalue weighted by molar-refractivity contribution is -0.135. The van der Waals surface area contributed by atoms with Crippen LogP contribution in [0.3, 0.4) is 0 Å². The second kappa shape index (κ2) is 8.06. The summed E-state index contributed by atoms with van der Waals surface area (Å²) in [4.78, 5) is 31.0. The van der Waals surface area contributed by atoms with Crippen LogP contribution in [0.2, 0.25) is 10.0 Å². The molecule has 26 heavy (non-hydrogen) atoms. The van der Waals surface area contributed by atoms with Crippen molar-refractivity contribution in [2.75, 3.05) is 18.9 Å². The van der Waals surface area contributed by atoms with Crippen molar-refractivity contribution in [2.24, 2.45) is 0 Å². The summed E-state index contributed by atoms with van der Waals surface area (Å²) in [5, 5.41) is 3.38. The molecule has 0 bridgehead atoms. The summed E-state index contributed by atoms with van der Waals surface area (Å²) in [6.45, 7) is -0.0843. The fourth-order valence-electron chi connectivity index (χ4n) is 3.21. The largest absolute Gasteiger partial charge is 0.336 e. The van der Waals surface area contributed by atoms with Crippen molar-refractivity contribution in [1.29, 1.82) is 0 Å². The highest BCUT2D eigenvalue weighted by molar-refractivity contribution is 6.39. The highest BCUT2D eigenvalue weighted by Crippen LogP contribution is 2.32. The van der Waals surface area contributed by atoms with E-state index in [4.69, 9.17) is 23.2 Å². The Labute approximate surface area is 162 Å². The number of aromatic nitrogens is 1. The van der Waals surface area contributed by atoms with Gasteiger partial charge >= 0.3 is 0 Å². The number of fused-ring (bicyclic) bond motifs is 1. The van der Waals surface area contributed by atoms with Gasteiger partial charge in [-0.3, -0.25) is 14.6 Å². The van der Waals surface area contributed by atoms with E-state index in [2.05, 4.69) is 10.3 Å². The zero-order valence-electron chi connectivity index (χ0n) is 14.3. The third-order valence-electron chi connectivity index (χ3n) is 4.48. The van der Waals surface area contributed by atoms with Crippen LogP contribution < -0.4 is 5.32 Å². The van der Waals surface area contributed by atoms with Crippen molar-refractivity contribution in [3.63, 3.8) is 0 Å². The van der Waals surface area contributed by atoms with E-state index in [1.54, 1.807) is 31.4 Å². The molecule has 1 aromatic heterocycles. The van der Waals surface area contributed by atoms with E-state index in [1.807, 2.05) is 12.1 Å².